The van der Waals surface area contributed by atoms with Crippen molar-refractivity contribution >= 4 is 17.3 Å². The highest BCUT2D eigenvalue weighted by Crippen LogP contribution is 2.24. The molecule has 1 aromatic rings. The first kappa shape index (κ1) is 12.5. The molecule has 90 valence electrons. The Kier molecular flexibility index (Phi) is 4.82. The maximum Gasteiger partial charge on any atom is 0.157 e. The van der Waals surface area contributed by atoms with Crippen molar-refractivity contribution in [2.24, 2.45) is 0 Å². The summed E-state index contributed by atoms with van der Waals surface area (Å²) in [5, 5.41) is 3.12. The van der Waals surface area contributed by atoms with E-state index in [-0.39, 0.29) is 0 Å². The molecule has 5 nitrogen and oxygen atoms in total. The monoisotopic (exact) mass is 223 g/mol. The van der Waals surface area contributed by atoms with Crippen molar-refractivity contribution < 1.29 is 0 Å². The second-order valence-electron chi connectivity index (χ2n) is 3.76. The van der Waals surface area contributed by atoms with Crippen LogP contribution in [0.25, 0.3) is 0 Å². The molecule has 1 aromatic heterocycles. The third-order valence-corrected chi connectivity index (χ3v) is 2.42. The van der Waals surface area contributed by atoms with Crippen LogP contribution in [0.5, 0.6) is 0 Å². The minimum absolute atomic E-state index is 0.628. The van der Waals surface area contributed by atoms with Gasteiger partial charge < -0.3 is 16.0 Å². The summed E-state index contributed by atoms with van der Waals surface area (Å²) in [6.45, 7) is 5.95. The second kappa shape index (κ2) is 6.15. The van der Waals surface area contributed by atoms with Gasteiger partial charge in [-0.05, 0) is 13.3 Å². The largest absolute Gasteiger partial charge is 0.393 e. The molecule has 0 aromatic carbocycles. The highest BCUT2D eigenvalue weighted by molar-refractivity contribution is 5.74. The summed E-state index contributed by atoms with van der Waals surface area (Å²) in [6, 6.07) is 0. The van der Waals surface area contributed by atoms with Crippen LogP contribution in [0.15, 0.2) is 6.33 Å². The molecule has 1 rings (SSSR count). The number of nitrogens with zero attached hydrogens (tertiary/aromatic N) is 3. The molecular weight excluding hydrogens is 202 g/mol. The lowest BCUT2D eigenvalue weighted by Crippen LogP contribution is -2.21. The molecule has 1 heterocycles. The van der Waals surface area contributed by atoms with Gasteiger partial charge in [0.2, 0.25) is 0 Å². The third kappa shape index (κ3) is 2.98. The Morgan fingerprint density at radius 3 is 2.75 bits per heavy atom. The highest BCUT2D eigenvalue weighted by atomic mass is 15.2. The van der Waals surface area contributed by atoms with Crippen LogP contribution >= 0.6 is 0 Å². The van der Waals surface area contributed by atoms with Crippen molar-refractivity contribution in [3.63, 3.8) is 0 Å². The molecule has 5 heteroatoms. The van der Waals surface area contributed by atoms with Crippen LogP contribution in [-0.4, -0.2) is 30.1 Å². The minimum Gasteiger partial charge on any atom is -0.393 e. The number of rotatable bonds is 6. The van der Waals surface area contributed by atoms with Crippen molar-refractivity contribution in [1.29, 1.82) is 0 Å². The van der Waals surface area contributed by atoms with Gasteiger partial charge in [-0.3, -0.25) is 0 Å². The van der Waals surface area contributed by atoms with Crippen molar-refractivity contribution in [3.8, 4) is 0 Å². The number of anilines is 3. The Morgan fingerprint density at radius 1 is 1.38 bits per heavy atom. The fraction of sp³-hybridized carbons (Fsp3) is 0.636. The van der Waals surface area contributed by atoms with Crippen molar-refractivity contribution in [2.45, 2.75) is 26.7 Å². The number of hydrogen-bond donors (Lipinski definition) is 2. The molecule has 0 aliphatic carbocycles. The van der Waals surface area contributed by atoms with Gasteiger partial charge in [-0.1, -0.05) is 13.3 Å². The van der Waals surface area contributed by atoms with Crippen LogP contribution in [0, 0.1) is 0 Å². The zero-order valence-corrected chi connectivity index (χ0v) is 10.3. The van der Waals surface area contributed by atoms with Gasteiger partial charge in [0.25, 0.3) is 0 Å². The summed E-state index contributed by atoms with van der Waals surface area (Å²) in [7, 11) is 2.00. The van der Waals surface area contributed by atoms with Gasteiger partial charge in [0.1, 0.15) is 12.0 Å². The van der Waals surface area contributed by atoms with Crippen LogP contribution in [0.2, 0.25) is 0 Å². The lowest BCUT2D eigenvalue weighted by atomic mass is 10.3. The lowest BCUT2D eigenvalue weighted by Gasteiger charge is -2.20. The van der Waals surface area contributed by atoms with Gasteiger partial charge in [0.15, 0.2) is 11.6 Å². The summed E-state index contributed by atoms with van der Waals surface area (Å²) in [6.07, 6.45) is 3.85. The number of aromatic nitrogens is 2. The number of nitrogen functional groups attached to an aromatic ring is 1. The van der Waals surface area contributed by atoms with E-state index in [9.17, 15) is 0 Å². The molecule has 16 heavy (non-hydrogen) atoms. The number of nitrogens with two attached hydrogens (primary N) is 1. The first-order valence-corrected chi connectivity index (χ1v) is 5.76. The Bertz CT molecular complexity index is 326. The number of nitrogens with one attached hydrogen (secondary N) is 1. The molecule has 3 N–H and O–H groups in total. The van der Waals surface area contributed by atoms with Gasteiger partial charge in [0, 0.05) is 20.1 Å². The van der Waals surface area contributed by atoms with E-state index in [1.165, 1.54) is 0 Å². The maximum absolute atomic E-state index is 6.01. The number of hydrogen-bond acceptors (Lipinski definition) is 5. The zero-order chi connectivity index (χ0) is 12.0. The van der Waals surface area contributed by atoms with Gasteiger partial charge in [-0.2, -0.15) is 0 Å². The van der Waals surface area contributed by atoms with E-state index >= 15 is 0 Å². The Balaban J connectivity index is 2.82. The maximum atomic E-state index is 6.01. The van der Waals surface area contributed by atoms with Crippen LogP contribution in [-0.2, 0) is 0 Å². The van der Waals surface area contributed by atoms with E-state index in [1.54, 1.807) is 6.33 Å². The standard InChI is InChI=1S/C11H21N5/c1-4-6-7-16(3)11-9(12)10(13-5-2)14-8-15-11/h8H,4-7,12H2,1-3H3,(H,13,14,15). The fourth-order valence-electron chi connectivity index (χ4n) is 1.50. The summed E-state index contributed by atoms with van der Waals surface area (Å²) >= 11 is 0. The number of unbranched alkanes of at least 4 members (excludes halogenated alkanes) is 1. The van der Waals surface area contributed by atoms with Gasteiger partial charge in [-0.15, -0.1) is 0 Å². The molecule has 0 radical (unpaired) electrons. The predicted octanol–water partition coefficient (Wildman–Crippen LogP) is 1.73. The Morgan fingerprint density at radius 2 is 2.12 bits per heavy atom. The van der Waals surface area contributed by atoms with E-state index in [4.69, 9.17) is 5.73 Å². The van der Waals surface area contributed by atoms with Crippen LogP contribution in [0.3, 0.4) is 0 Å². The molecule has 0 saturated heterocycles. The fourth-order valence-corrected chi connectivity index (χ4v) is 1.50. The Labute approximate surface area is 97.1 Å². The SMILES string of the molecule is CCCCN(C)c1ncnc(NCC)c1N. The summed E-state index contributed by atoms with van der Waals surface area (Å²) in [4.78, 5) is 10.4. The summed E-state index contributed by atoms with van der Waals surface area (Å²) in [5.41, 5.74) is 6.64. The smallest absolute Gasteiger partial charge is 0.157 e. The molecule has 0 fully saturated rings. The van der Waals surface area contributed by atoms with Crippen molar-refractivity contribution in [3.05, 3.63) is 6.33 Å². The zero-order valence-electron chi connectivity index (χ0n) is 10.3. The molecule has 0 aliphatic heterocycles. The normalized spacial score (nSPS) is 10.2. The summed E-state index contributed by atoms with van der Waals surface area (Å²) in [5.74, 6) is 1.52. The highest BCUT2D eigenvalue weighted by Gasteiger charge is 2.10. The molecule has 0 atom stereocenters. The quantitative estimate of drug-likeness (QED) is 0.768. The topological polar surface area (TPSA) is 67.1 Å². The average Bonchev–Trinajstić information content (AvgIpc) is 2.29. The first-order valence-electron chi connectivity index (χ1n) is 5.76. The van der Waals surface area contributed by atoms with Gasteiger partial charge in [0.05, 0.1) is 0 Å². The molecule has 0 aliphatic rings. The van der Waals surface area contributed by atoms with Crippen LogP contribution in [0.1, 0.15) is 26.7 Å². The predicted molar refractivity (Wildman–Crippen MR) is 68.8 cm³/mol. The molecule has 0 saturated carbocycles. The van der Waals surface area contributed by atoms with Gasteiger partial charge in [-0.25, -0.2) is 9.97 Å². The van der Waals surface area contributed by atoms with E-state index in [0.717, 1.165) is 37.6 Å². The van der Waals surface area contributed by atoms with E-state index in [2.05, 4.69) is 27.1 Å². The second-order valence-corrected chi connectivity index (χ2v) is 3.76. The van der Waals surface area contributed by atoms with Crippen molar-refractivity contribution in [1.82, 2.24) is 9.97 Å². The van der Waals surface area contributed by atoms with E-state index in [0.29, 0.717) is 5.69 Å². The molecule has 0 spiro atoms. The molecular formula is C11H21N5. The first-order chi connectivity index (χ1) is 7.70. The minimum atomic E-state index is 0.628. The van der Waals surface area contributed by atoms with Gasteiger partial charge >= 0.3 is 0 Å². The average molecular weight is 223 g/mol. The van der Waals surface area contributed by atoms with E-state index in [1.807, 2.05) is 14.0 Å². The molecule has 0 bridgehead atoms. The third-order valence-electron chi connectivity index (χ3n) is 2.42. The molecule has 0 amide bonds. The molecule has 0 unspecified atom stereocenters. The Hall–Kier alpha value is -1.52. The summed E-state index contributed by atoms with van der Waals surface area (Å²) < 4.78 is 0. The van der Waals surface area contributed by atoms with Crippen LogP contribution < -0.4 is 16.0 Å². The van der Waals surface area contributed by atoms with E-state index < -0.39 is 0 Å². The lowest BCUT2D eigenvalue weighted by molar-refractivity contribution is 0.759. The van der Waals surface area contributed by atoms with Crippen molar-refractivity contribution in [2.75, 3.05) is 36.1 Å². The van der Waals surface area contributed by atoms with Crippen LogP contribution in [0.4, 0.5) is 17.3 Å².